The van der Waals surface area contributed by atoms with E-state index in [1.54, 1.807) is 18.2 Å². The molecule has 0 bridgehead atoms. The first-order valence-electron chi connectivity index (χ1n) is 6.64. The number of carboxylic acids is 1. The number of hydrogen-bond acceptors (Lipinski definition) is 5. The summed E-state index contributed by atoms with van der Waals surface area (Å²) in [6.45, 7) is 0.805. The van der Waals surface area contributed by atoms with Gasteiger partial charge in [0.15, 0.2) is 11.5 Å². The fourth-order valence-corrected chi connectivity index (χ4v) is 3.47. The van der Waals surface area contributed by atoms with Crippen molar-refractivity contribution in [3.8, 4) is 11.5 Å². The molecule has 0 saturated carbocycles. The highest BCUT2D eigenvalue weighted by Crippen LogP contribution is 2.49. The normalized spacial score (nSPS) is 15.8. The van der Waals surface area contributed by atoms with E-state index in [9.17, 15) is 23.9 Å². The maximum absolute atomic E-state index is 12.0. The largest absolute Gasteiger partial charge is 0.480 e. The zero-order valence-corrected chi connectivity index (χ0v) is 13.0. The van der Waals surface area contributed by atoms with E-state index >= 15 is 0 Å². The molecular formula is C13H16NO8P. The second-order valence-corrected chi connectivity index (χ2v) is 6.78. The number of hydrogen-bond donors (Lipinski definition) is 4. The highest BCUT2D eigenvalue weighted by Gasteiger charge is 2.41. The smallest absolute Gasteiger partial charge is 0.338 e. The van der Waals surface area contributed by atoms with Crippen LogP contribution in [0.3, 0.4) is 0 Å². The molecule has 0 aliphatic carbocycles. The molecule has 4 N–H and O–H groups in total. The van der Waals surface area contributed by atoms with E-state index in [0.717, 1.165) is 0 Å². The van der Waals surface area contributed by atoms with Crippen LogP contribution in [-0.4, -0.2) is 45.8 Å². The van der Waals surface area contributed by atoms with Crippen LogP contribution in [0.2, 0.25) is 0 Å². The molecule has 0 saturated heterocycles. The lowest BCUT2D eigenvalue weighted by Crippen LogP contribution is -2.40. The number of rotatable bonds is 6. The van der Waals surface area contributed by atoms with Crippen LogP contribution in [0.1, 0.15) is 18.4 Å². The Kier molecular flexibility index (Phi) is 4.93. The monoisotopic (exact) mass is 345 g/mol. The molecule has 0 spiro atoms. The molecule has 1 aromatic carbocycles. The summed E-state index contributed by atoms with van der Waals surface area (Å²) in [7, 11) is -4.81. The summed E-state index contributed by atoms with van der Waals surface area (Å²) < 4.78 is 22.0. The van der Waals surface area contributed by atoms with Gasteiger partial charge in [0.1, 0.15) is 12.2 Å². The molecule has 1 amide bonds. The highest BCUT2D eigenvalue weighted by atomic mass is 31.2. The van der Waals surface area contributed by atoms with Gasteiger partial charge in [0.25, 0.3) is 0 Å². The minimum absolute atomic E-state index is 0.0498. The van der Waals surface area contributed by atoms with Crippen LogP contribution in [-0.2, 0) is 14.2 Å². The van der Waals surface area contributed by atoms with Gasteiger partial charge in [0.2, 0.25) is 12.7 Å². The lowest BCUT2D eigenvalue weighted by molar-refractivity contribution is -0.138. The Morgan fingerprint density at radius 2 is 1.96 bits per heavy atom. The second-order valence-electron chi connectivity index (χ2n) is 5.05. The number of carboxylic acid groups (broad SMARTS) is 1. The van der Waals surface area contributed by atoms with Gasteiger partial charge in [0, 0.05) is 5.92 Å². The van der Waals surface area contributed by atoms with Gasteiger partial charge >= 0.3 is 13.6 Å². The number of benzene rings is 1. The fourth-order valence-electron chi connectivity index (χ4n) is 2.32. The van der Waals surface area contributed by atoms with E-state index in [2.05, 4.69) is 0 Å². The number of amides is 1. The van der Waals surface area contributed by atoms with Gasteiger partial charge in [-0.3, -0.25) is 14.2 Å². The lowest BCUT2D eigenvalue weighted by atomic mass is 9.96. The molecular weight excluding hydrogens is 329 g/mol. The Morgan fingerprint density at radius 3 is 2.57 bits per heavy atom. The van der Waals surface area contributed by atoms with Crippen LogP contribution in [0, 0.1) is 0 Å². The van der Waals surface area contributed by atoms with Crippen molar-refractivity contribution in [2.45, 2.75) is 18.5 Å². The second kappa shape index (κ2) is 6.57. The maximum atomic E-state index is 12.0. The molecule has 1 aromatic rings. The van der Waals surface area contributed by atoms with Crippen LogP contribution in [0.25, 0.3) is 0 Å². The predicted molar refractivity (Wildman–Crippen MR) is 77.5 cm³/mol. The maximum Gasteiger partial charge on any atom is 0.338 e. The fraction of sp³-hybridized carbons (Fsp3) is 0.385. The van der Waals surface area contributed by atoms with E-state index in [1.807, 2.05) is 5.32 Å². The Bertz CT molecular complexity index is 670. The van der Waals surface area contributed by atoms with Gasteiger partial charge in [0.05, 0.1) is 0 Å². The van der Waals surface area contributed by atoms with E-state index in [4.69, 9.17) is 14.6 Å². The van der Waals surface area contributed by atoms with Crippen molar-refractivity contribution < 1.29 is 38.5 Å². The summed E-state index contributed by atoms with van der Waals surface area (Å²) in [5.74, 6) is -2.27. The molecule has 9 nitrogen and oxygen atoms in total. The summed E-state index contributed by atoms with van der Waals surface area (Å²) in [5, 5.41) is 10.6. The number of ether oxygens (including phenoxy) is 2. The van der Waals surface area contributed by atoms with Gasteiger partial charge in [-0.2, -0.15) is 0 Å². The minimum atomic E-state index is -4.81. The SMILES string of the molecule is CC(c1ccc2c(c1)OCO2)C(C(=O)NCC(=O)O)P(=O)(O)O. The summed E-state index contributed by atoms with van der Waals surface area (Å²) in [6.07, 6.45) is 0. The lowest BCUT2D eigenvalue weighted by Gasteiger charge is -2.24. The van der Waals surface area contributed by atoms with Crippen molar-refractivity contribution in [1.29, 1.82) is 0 Å². The number of nitrogens with one attached hydrogen (secondary N) is 1. The quantitative estimate of drug-likeness (QED) is 0.538. The van der Waals surface area contributed by atoms with Crippen LogP contribution >= 0.6 is 7.60 Å². The van der Waals surface area contributed by atoms with E-state index in [0.29, 0.717) is 17.1 Å². The zero-order valence-electron chi connectivity index (χ0n) is 12.1. The standard InChI is InChI=1S/C13H16NO8P/c1-7(8-2-3-9-10(4-8)22-6-21-9)12(23(18,19)20)13(17)14-5-11(15)16/h2-4,7,12H,5-6H2,1H3,(H,14,17)(H,15,16)(H2,18,19,20). The number of carbonyl (C=O) groups excluding carboxylic acids is 1. The average Bonchev–Trinajstić information content (AvgIpc) is 2.90. The molecule has 1 aliphatic rings. The van der Waals surface area contributed by atoms with Gasteiger partial charge in [-0.25, -0.2) is 0 Å². The van der Waals surface area contributed by atoms with E-state index < -0.39 is 37.6 Å². The Hall–Kier alpha value is -2.09. The highest BCUT2D eigenvalue weighted by molar-refractivity contribution is 7.53. The van der Waals surface area contributed by atoms with Gasteiger partial charge in [-0.1, -0.05) is 13.0 Å². The molecule has 1 heterocycles. The Balaban J connectivity index is 2.26. The molecule has 126 valence electrons. The minimum Gasteiger partial charge on any atom is -0.480 e. The molecule has 1 aliphatic heterocycles. The van der Waals surface area contributed by atoms with Crippen molar-refractivity contribution in [2.24, 2.45) is 0 Å². The van der Waals surface area contributed by atoms with E-state index in [-0.39, 0.29) is 6.79 Å². The Morgan fingerprint density at radius 1 is 1.30 bits per heavy atom. The first-order valence-corrected chi connectivity index (χ1v) is 8.32. The third kappa shape index (κ3) is 4.01. The third-order valence-electron chi connectivity index (χ3n) is 3.44. The molecule has 23 heavy (non-hydrogen) atoms. The molecule has 10 heteroatoms. The van der Waals surface area contributed by atoms with Crippen LogP contribution in [0.4, 0.5) is 0 Å². The molecule has 2 unspecified atom stereocenters. The molecule has 0 fully saturated rings. The van der Waals surface area contributed by atoms with Crippen LogP contribution < -0.4 is 14.8 Å². The summed E-state index contributed by atoms with van der Waals surface area (Å²) in [6, 6.07) is 4.70. The van der Waals surface area contributed by atoms with Crippen molar-refractivity contribution in [1.82, 2.24) is 5.32 Å². The predicted octanol–water partition coefficient (Wildman–Crippen LogP) is 0.266. The van der Waals surface area contributed by atoms with E-state index in [1.165, 1.54) is 6.92 Å². The first kappa shape index (κ1) is 17.3. The number of fused-ring (bicyclic) bond motifs is 1. The Labute approximate surface area is 131 Å². The summed E-state index contributed by atoms with van der Waals surface area (Å²) in [4.78, 5) is 41.5. The van der Waals surface area contributed by atoms with Gasteiger partial charge in [-0.15, -0.1) is 0 Å². The van der Waals surface area contributed by atoms with Crippen LogP contribution in [0.5, 0.6) is 11.5 Å². The van der Waals surface area contributed by atoms with Crippen molar-refractivity contribution >= 4 is 19.5 Å². The van der Waals surface area contributed by atoms with Gasteiger partial charge < -0.3 is 29.7 Å². The molecule has 2 rings (SSSR count). The van der Waals surface area contributed by atoms with Crippen molar-refractivity contribution in [3.63, 3.8) is 0 Å². The third-order valence-corrected chi connectivity index (χ3v) is 4.85. The van der Waals surface area contributed by atoms with Crippen molar-refractivity contribution in [2.75, 3.05) is 13.3 Å². The number of carbonyl (C=O) groups is 2. The van der Waals surface area contributed by atoms with Gasteiger partial charge in [-0.05, 0) is 17.7 Å². The average molecular weight is 345 g/mol. The van der Waals surface area contributed by atoms with Crippen LogP contribution in [0.15, 0.2) is 18.2 Å². The number of aliphatic carboxylic acids is 1. The summed E-state index contributed by atoms with van der Waals surface area (Å²) >= 11 is 0. The van der Waals surface area contributed by atoms with Crippen molar-refractivity contribution in [3.05, 3.63) is 23.8 Å². The molecule has 0 aromatic heterocycles. The zero-order chi connectivity index (χ0) is 17.2. The first-order chi connectivity index (χ1) is 10.7. The summed E-state index contributed by atoms with van der Waals surface area (Å²) in [5.41, 5.74) is -1.24. The molecule has 0 radical (unpaired) electrons. The molecule has 2 atom stereocenters. The topological polar surface area (TPSA) is 142 Å².